The molecule has 7 heteroatoms. The summed E-state index contributed by atoms with van der Waals surface area (Å²) in [4.78, 5) is 14.7. The van der Waals surface area contributed by atoms with E-state index in [0.29, 0.717) is 11.8 Å². The molecule has 0 radical (unpaired) electrons. The van der Waals surface area contributed by atoms with Crippen LogP contribution >= 0.6 is 11.8 Å². The van der Waals surface area contributed by atoms with Gasteiger partial charge in [-0.05, 0) is 50.7 Å². The summed E-state index contributed by atoms with van der Waals surface area (Å²) in [5.41, 5.74) is 1.94. The number of aromatic nitrogens is 3. The zero-order valence-corrected chi connectivity index (χ0v) is 16.0. The molecule has 4 rings (SSSR count). The summed E-state index contributed by atoms with van der Waals surface area (Å²) in [6.45, 7) is 4.12. The summed E-state index contributed by atoms with van der Waals surface area (Å²) in [7, 11) is 0. The molecule has 26 heavy (non-hydrogen) atoms. The van der Waals surface area contributed by atoms with Gasteiger partial charge in [-0.15, -0.1) is 10.2 Å². The maximum absolute atomic E-state index is 12.3. The van der Waals surface area contributed by atoms with Gasteiger partial charge in [-0.1, -0.05) is 30.0 Å². The largest absolute Gasteiger partial charge is 0.341 e. The van der Waals surface area contributed by atoms with Crippen LogP contribution in [0.5, 0.6) is 0 Å². The van der Waals surface area contributed by atoms with E-state index in [4.69, 9.17) is 0 Å². The number of hydrogen-bond acceptors (Lipinski definition) is 5. The second kappa shape index (κ2) is 7.70. The van der Waals surface area contributed by atoms with Crippen LogP contribution in [-0.2, 0) is 4.79 Å². The molecule has 0 atom stereocenters. The smallest absolute Gasteiger partial charge is 0.234 e. The molecule has 1 aromatic heterocycles. The number of rotatable bonds is 6. The Bertz CT molecular complexity index is 780. The van der Waals surface area contributed by atoms with E-state index in [-0.39, 0.29) is 5.91 Å². The van der Waals surface area contributed by atoms with Gasteiger partial charge < -0.3 is 10.2 Å². The molecule has 1 aromatic carbocycles. The molecule has 1 aliphatic heterocycles. The summed E-state index contributed by atoms with van der Waals surface area (Å²) in [5, 5.41) is 12.7. The summed E-state index contributed by atoms with van der Waals surface area (Å²) < 4.78 is 2.26. The van der Waals surface area contributed by atoms with Gasteiger partial charge in [-0.25, -0.2) is 0 Å². The Hall–Kier alpha value is -2.02. The van der Waals surface area contributed by atoms with Crippen LogP contribution in [0.25, 0.3) is 0 Å². The van der Waals surface area contributed by atoms with Crippen molar-refractivity contribution in [1.82, 2.24) is 14.8 Å². The van der Waals surface area contributed by atoms with Crippen molar-refractivity contribution in [1.29, 1.82) is 0 Å². The van der Waals surface area contributed by atoms with Gasteiger partial charge in [0.15, 0.2) is 5.16 Å². The summed E-state index contributed by atoms with van der Waals surface area (Å²) >= 11 is 1.48. The number of thioether (sulfide) groups is 1. The SMILES string of the molecule is Cc1ccccc1NC(=O)CSc1nnc(N2CCCCC2)n1C1CC1. The molecule has 1 amide bonds. The molecule has 0 bridgehead atoms. The Kier molecular flexibility index (Phi) is 5.15. The highest BCUT2D eigenvalue weighted by molar-refractivity contribution is 7.99. The number of amides is 1. The van der Waals surface area contributed by atoms with Crippen LogP contribution in [0.15, 0.2) is 29.4 Å². The van der Waals surface area contributed by atoms with Crippen LogP contribution in [0.3, 0.4) is 0 Å². The first-order valence-corrected chi connectivity index (χ1v) is 10.4. The van der Waals surface area contributed by atoms with E-state index in [9.17, 15) is 4.79 Å². The highest BCUT2D eigenvalue weighted by Gasteiger charge is 2.32. The third kappa shape index (κ3) is 3.87. The zero-order chi connectivity index (χ0) is 17.9. The molecule has 1 saturated carbocycles. The molecule has 0 unspecified atom stereocenters. The number of nitrogens with one attached hydrogen (secondary N) is 1. The number of hydrogen-bond donors (Lipinski definition) is 1. The number of nitrogens with zero attached hydrogens (tertiary/aromatic N) is 4. The maximum atomic E-state index is 12.3. The number of benzene rings is 1. The van der Waals surface area contributed by atoms with E-state index in [1.807, 2.05) is 31.2 Å². The number of carbonyl (C=O) groups is 1. The zero-order valence-electron chi connectivity index (χ0n) is 15.1. The van der Waals surface area contributed by atoms with E-state index in [2.05, 4.69) is 25.0 Å². The number of aryl methyl sites for hydroxylation is 1. The number of carbonyl (C=O) groups excluding carboxylic acids is 1. The molecule has 138 valence electrons. The first-order chi connectivity index (χ1) is 12.7. The lowest BCUT2D eigenvalue weighted by atomic mass is 10.1. The van der Waals surface area contributed by atoms with Gasteiger partial charge in [0.25, 0.3) is 0 Å². The molecule has 2 heterocycles. The fourth-order valence-electron chi connectivity index (χ4n) is 3.36. The van der Waals surface area contributed by atoms with E-state index in [0.717, 1.165) is 35.4 Å². The van der Waals surface area contributed by atoms with Crippen molar-refractivity contribution in [3.05, 3.63) is 29.8 Å². The molecule has 0 spiro atoms. The Balaban J connectivity index is 1.42. The fourth-order valence-corrected chi connectivity index (χ4v) is 4.16. The minimum absolute atomic E-state index is 0.00540. The maximum Gasteiger partial charge on any atom is 0.234 e. The van der Waals surface area contributed by atoms with E-state index < -0.39 is 0 Å². The van der Waals surface area contributed by atoms with Gasteiger partial charge in [0.1, 0.15) is 0 Å². The molecule has 1 N–H and O–H groups in total. The Morgan fingerprint density at radius 3 is 2.69 bits per heavy atom. The predicted molar refractivity (Wildman–Crippen MR) is 105 cm³/mol. The van der Waals surface area contributed by atoms with Crippen LogP contribution in [0.4, 0.5) is 11.6 Å². The standard InChI is InChI=1S/C19H25N5OS/c1-14-7-3-4-8-16(14)20-17(25)13-26-19-22-21-18(24(19)15-9-10-15)23-11-5-2-6-12-23/h3-4,7-8,15H,2,5-6,9-13H2,1H3,(H,20,25). The minimum Gasteiger partial charge on any atom is -0.341 e. The Morgan fingerprint density at radius 2 is 1.96 bits per heavy atom. The van der Waals surface area contributed by atoms with E-state index >= 15 is 0 Å². The van der Waals surface area contributed by atoms with Gasteiger partial charge in [-0.3, -0.25) is 9.36 Å². The normalized spacial score (nSPS) is 17.3. The molecule has 2 aromatic rings. The number of piperidine rings is 1. The molecular formula is C19H25N5OS. The van der Waals surface area contributed by atoms with Crippen LogP contribution in [0, 0.1) is 6.92 Å². The minimum atomic E-state index is -0.00540. The van der Waals surface area contributed by atoms with Crippen molar-refractivity contribution < 1.29 is 4.79 Å². The monoisotopic (exact) mass is 371 g/mol. The molecule has 2 fully saturated rings. The predicted octanol–water partition coefficient (Wildman–Crippen LogP) is 3.64. The fraction of sp³-hybridized carbons (Fsp3) is 0.526. The van der Waals surface area contributed by atoms with Crippen LogP contribution in [0.1, 0.15) is 43.7 Å². The van der Waals surface area contributed by atoms with Crippen molar-refractivity contribution in [3.63, 3.8) is 0 Å². The van der Waals surface area contributed by atoms with Crippen LogP contribution < -0.4 is 10.2 Å². The molecule has 1 aliphatic carbocycles. The first kappa shape index (κ1) is 17.4. The van der Waals surface area contributed by atoms with Crippen molar-refractivity contribution in [2.45, 2.75) is 50.2 Å². The summed E-state index contributed by atoms with van der Waals surface area (Å²) in [6, 6.07) is 8.34. The lowest BCUT2D eigenvalue weighted by Gasteiger charge is -2.27. The number of para-hydroxylation sites is 1. The molecule has 2 aliphatic rings. The van der Waals surface area contributed by atoms with Gasteiger partial charge in [0, 0.05) is 24.8 Å². The highest BCUT2D eigenvalue weighted by Crippen LogP contribution is 2.41. The average Bonchev–Trinajstić information content (AvgIpc) is 3.42. The van der Waals surface area contributed by atoms with Crippen molar-refractivity contribution in [3.8, 4) is 0 Å². The van der Waals surface area contributed by atoms with Crippen LogP contribution in [-0.4, -0.2) is 39.5 Å². The number of anilines is 2. The molecule has 6 nitrogen and oxygen atoms in total. The lowest BCUT2D eigenvalue weighted by Crippen LogP contribution is -2.32. The second-order valence-corrected chi connectivity index (χ2v) is 8.03. The third-order valence-corrected chi connectivity index (χ3v) is 5.89. The molecule has 1 saturated heterocycles. The van der Waals surface area contributed by atoms with E-state index in [1.165, 1.54) is 43.9 Å². The summed E-state index contributed by atoms with van der Waals surface area (Å²) in [5.74, 6) is 1.34. The average molecular weight is 372 g/mol. The Morgan fingerprint density at radius 1 is 1.19 bits per heavy atom. The van der Waals surface area contributed by atoms with Crippen molar-refractivity contribution >= 4 is 29.3 Å². The summed E-state index contributed by atoms with van der Waals surface area (Å²) in [6.07, 6.45) is 6.11. The Labute approximate surface area is 158 Å². The van der Waals surface area contributed by atoms with Gasteiger partial charge in [-0.2, -0.15) is 0 Å². The third-order valence-electron chi connectivity index (χ3n) is 4.95. The first-order valence-electron chi connectivity index (χ1n) is 9.40. The van der Waals surface area contributed by atoms with Gasteiger partial charge in [0.2, 0.25) is 11.9 Å². The van der Waals surface area contributed by atoms with Crippen molar-refractivity contribution in [2.75, 3.05) is 29.1 Å². The highest BCUT2D eigenvalue weighted by atomic mass is 32.2. The molecular weight excluding hydrogens is 346 g/mol. The van der Waals surface area contributed by atoms with Crippen LogP contribution in [0.2, 0.25) is 0 Å². The topological polar surface area (TPSA) is 63.1 Å². The van der Waals surface area contributed by atoms with E-state index in [1.54, 1.807) is 0 Å². The van der Waals surface area contributed by atoms with Gasteiger partial charge in [0.05, 0.1) is 5.75 Å². The lowest BCUT2D eigenvalue weighted by molar-refractivity contribution is -0.113. The quantitative estimate of drug-likeness (QED) is 0.786. The second-order valence-electron chi connectivity index (χ2n) is 7.08. The van der Waals surface area contributed by atoms with Gasteiger partial charge >= 0.3 is 0 Å². The van der Waals surface area contributed by atoms with Crippen molar-refractivity contribution in [2.24, 2.45) is 0 Å².